The fraction of sp³-hybridized carbons (Fsp3) is 0.500. The normalized spacial score (nSPS) is 14.4. The van der Waals surface area contributed by atoms with Gasteiger partial charge in [0.05, 0.1) is 6.42 Å². The molecule has 0 fully saturated rings. The number of nitrogens with zero attached hydrogens (tertiary/aromatic N) is 1. The van der Waals surface area contributed by atoms with Gasteiger partial charge in [-0.15, -0.1) is 0 Å². The quantitative estimate of drug-likeness (QED) is 0.816. The maximum absolute atomic E-state index is 10.8. The second-order valence-electron chi connectivity index (χ2n) is 4.55. The molecule has 0 aliphatic rings. The van der Waals surface area contributed by atoms with Crippen molar-refractivity contribution in [2.75, 3.05) is 6.54 Å². The lowest BCUT2D eigenvalue weighted by Crippen LogP contribution is -2.36. The molecule has 0 heterocycles. The van der Waals surface area contributed by atoms with E-state index in [0.29, 0.717) is 0 Å². The van der Waals surface area contributed by atoms with Crippen molar-refractivity contribution in [3.8, 4) is 5.75 Å². The summed E-state index contributed by atoms with van der Waals surface area (Å²) in [6.07, 6.45) is 0.122. The summed E-state index contributed by atoms with van der Waals surface area (Å²) < 4.78 is 0. The van der Waals surface area contributed by atoms with Crippen LogP contribution in [0, 0.1) is 0 Å². The van der Waals surface area contributed by atoms with E-state index in [2.05, 4.69) is 4.90 Å². The predicted octanol–water partition coefficient (Wildman–Crippen LogP) is 2.64. The van der Waals surface area contributed by atoms with Crippen LogP contribution in [0.15, 0.2) is 24.3 Å². The lowest BCUT2D eigenvalue weighted by atomic mass is 10.0. The highest BCUT2D eigenvalue weighted by Crippen LogP contribution is 2.25. The second kappa shape index (κ2) is 6.40. The maximum atomic E-state index is 10.8. The summed E-state index contributed by atoms with van der Waals surface area (Å²) in [4.78, 5) is 12.9. The summed E-state index contributed by atoms with van der Waals surface area (Å²) >= 11 is 0. The van der Waals surface area contributed by atoms with E-state index in [1.54, 1.807) is 18.2 Å². The van der Waals surface area contributed by atoms with Gasteiger partial charge in [-0.2, -0.15) is 0 Å². The van der Waals surface area contributed by atoms with E-state index in [1.807, 2.05) is 26.8 Å². The minimum Gasteiger partial charge on any atom is -0.508 e. The van der Waals surface area contributed by atoms with E-state index in [1.165, 1.54) is 0 Å². The summed E-state index contributed by atoms with van der Waals surface area (Å²) in [6, 6.07) is 7.15. The lowest BCUT2D eigenvalue weighted by Gasteiger charge is -2.33. The fourth-order valence-electron chi connectivity index (χ4n) is 2.31. The Morgan fingerprint density at radius 3 is 2.56 bits per heavy atom. The average Bonchev–Trinajstić information content (AvgIpc) is 2.28. The van der Waals surface area contributed by atoms with Crippen LogP contribution in [-0.4, -0.2) is 33.7 Å². The molecule has 100 valence electrons. The number of carboxylic acid groups (broad SMARTS) is 1. The third-order valence-corrected chi connectivity index (χ3v) is 3.25. The molecule has 0 amide bonds. The van der Waals surface area contributed by atoms with Crippen LogP contribution in [0.1, 0.15) is 38.8 Å². The number of phenols is 1. The van der Waals surface area contributed by atoms with Gasteiger partial charge < -0.3 is 10.2 Å². The third kappa shape index (κ3) is 3.74. The molecule has 0 aliphatic carbocycles. The average molecular weight is 251 g/mol. The van der Waals surface area contributed by atoms with Crippen molar-refractivity contribution >= 4 is 5.97 Å². The zero-order valence-corrected chi connectivity index (χ0v) is 11.1. The van der Waals surface area contributed by atoms with Crippen LogP contribution >= 0.6 is 0 Å². The molecular formula is C14H21NO3. The molecule has 0 spiro atoms. The molecule has 4 nitrogen and oxygen atoms in total. The Hall–Kier alpha value is -1.55. The number of aromatic hydroxyl groups is 1. The Bertz CT molecular complexity index is 406. The minimum absolute atomic E-state index is 0.0372. The van der Waals surface area contributed by atoms with Gasteiger partial charge in [-0.05, 0) is 38.1 Å². The second-order valence-corrected chi connectivity index (χ2v) is 4.55. The molecule has 4 heteroatoms. The van der Waals surface area contributed by atoms with Crippen molar-refractivity contribution in [3.63, 3.8) is 0 Å². The third-order valence-electron chi connectivity index (χ3n) is 3.25. The SMILES string of the molecule is CCN(C(C)CC(=O)O)C(C)c1cccc(O)c1. The summed E-state index contributed by atoms with van der Waals surface area (Å²) in [7, 11) is 0. The monoisotopic (exact) mass is 251 g/mol. The van der Waals surface area contributed by atoms with Crippen molar-refractivity contribution < 1.29 is 15.0 Å². The molecule has 0 aliphatic heterocycles. The topological polar surface area (TPSA) is 60.8 Å². The largest absolute Gasteiger partial charge is 0.508 e. The first-order valence-electron chi connectivity index (χ1n) is 6.22. The van der Waals surface area contributed by atoms with Crippen molar-refractivity contribution in [3.05, 3.63) is 29.8 Å². The highest BCUT2D eigenvalue weighted by atomic mass is 16.4. The first-order valence-corrected chi connectivity index (χ1v) is 6.22. The number of carboxylic acids is 1. The van der Waals surface area contributed by atoms with Crippen LogP contribution in [0.5, 0.6) is 5.75 Å². The van der Waals surface area contributed by atoms with Crippen LogP contribution in [0.25, 0.3) is 0 Å². The number of carbonyl (C=O) groups is 1. The van der Waals surface area contributed by atoms with Crippen molar-refractivity contribution in [1.82, 2.24) is 4.90 Å². The molecule has 2 atom stereocenters. The predicted molar refractivity (Wildman–Crippen MR) is 70.6 cm³/mol. The van der Waals surface area contributed by atoms with Gasteiger partial charge in [0.1, 0.15) is 5.75 Å². The highest BCUT2D eigenvalue weighted by molar-refractivity contribution is 5.67. The van der Waals surface area contributed by atoms with Gasteiger partial charge in [0.15, 0.2) is 0 Å². The van der Waals surface area contributed by atoms with E-state index in [0.717, 1.165) is 12.1 Å². The smallest absolute Gasteiger partial charge is 0.304 e. The van der Waals surface area contributed by atoms with Gasteiger partial charge >= 0.3 is 5.97 Å². The Labute approximate surface area is 108 Å². The number of hydrogen-bond donors (Lipinski definition) is 2. The van der Waals surface area contributed by atoms with Crippen LogP contribution in [0.4, 0.5) is 0 Å². The van der Waals surface area contributed by atoms with Gasteiger partial charge in [-0.25, -0.2) is 0 Å². The first kappa shape index (κ1) is 14.5. The van der Waals surface area contributed by atoms with Gasteiger partial charge in [0, 0.05) is 12.1 Å². The minimum atomic E-state index is -0.788. The molecule has 0 radical (unpaired) electrons. The molecule has 1 rings (SSSR count). The lowest BCUT2D eigenvalue weighted by molar-refractivity contribution is -0.138. The Morgan fingerprint density at radius 1 is 1.39 bits per heavy atom. The highest BCUT2D eigenvalue weighted by Gasteiger charge is 2.21. The molecule has 1 aromatic rings. The Morgan fingerprint density at radius 2 is 2.06 bits per heavy atom. The molecular weight excluding hydrogens is 230 g/mol. The van der Waals surface area contributed by atoms with Gasteiger partial charge in [-0.3, -0.25) is 9.69 Å². The molecule has 18 heavy (non-hydrogen) atoms. The van der Waals surface area contributed by atoms with Crippen molar-refractivity contribution in [1.29, 1.82) is 0 Å². The van der Waals surface area contributed by atoms with Crippen LogP contribution < -0.4 is 0 Å². The summed E-state index contributed by atoms with van der Waals surface area (Å²) in [5, 5.41) is 18.3. The summed E-state index contributed by atoms with van der Waals surface area (Å²) in [6.45, 7) is 6.72. The molecule has 0 bridgehead atoms. The standard InChI is InChI=1S/C14H21NO3/c1-4-15(10(2)8-14(17)18)11(3)12-6-5-7-13(16)9-12/h5-7,9-11,16H,4,8H2,1-3H3,(H,17,18). The number of phenolic OH excluding ortho intramolecular Hbond substituents is 1. The van der Waals surface area contributed by atoms with Crippen LogP contribution in [0.2, 0.25) is 0 Å². The van der Waals surface area contributed by atoms with Crippen molar-refractivity contribution in [2.45, 2.75) is 39.3 Å². The maximum Gasteiger partial charge on any atom is 0.304 e. The molecule has 2 unspecified atom stereocenters. The number of benzene rings is 1. The summed E-state index contributed by atoms with van der Waals surface area (Å²) in [5.74, 6) is -0.551. The van der Waals surface area contributed by atoms with Crippen LogP contribution in [0.3, 0.4) is 0 Å². The zero-order valence-electron chi connectivity index (χ0n) is 11.1. The molecule has 0 saturated carbocycles. The van der Waals surface area contributed by atoms with Gasteiger partial charge in [-0.1, -0.05) is 19.1 Å². The van der Waals surface area contributed by atoms with E-state index >= 15 is 0 Å². The molecule has 2 N–H and O–H groups in total. The van der Waals surface area contributed by atoms with E-state index in [-0.39, 0.29) is 24.3 Å². The van der Waals surface area contributed by atoms with Gasteiger partial charge in [0.2, 0.25) is 0 Å². The van der Waals surface area contributed by atoms with Crippen molar-refractivity contribution in [2.24, 2.45) is 0 Å². The molecule has 1 aromatic carbocycles. The van der Waals surface area contributed by atoms with Crippen LogP contribution in [-0.2, 0) is 4.79 Å². The molecule has 0 aromatic heterocycles. The van der Waals surface area contributed by atoms with E-state index in [9.17, 15) is 9.90 Å². The number of rotatable bonds is 6. The fourth-order valence-corrected chi connectivity index (χ4v) is 2.31. The van der Waals surface area contributed by atoms with E-state index in [4.69, 9.17) is 5.11 Å². The number of aliphatic carboxylic acids is 1. The Balaban J connectivity index is 2.84. The number of hydrogen-bond acceptors (Lipinski definition) is 3. The Kier molecular flexibility index (Phi) is 5.16. The summed E-state index contributed by atoms with van der Waals surface area (Å²) in [5.41, 5.74) is 0.995. The first-order chi connectivity index (χ1) is 8.45. The molecule has 0 saturated heterocycles. The van der Waals surface area contributed by atoms with Gasteiger partial charge in [0.25, 0.3) is 0 Å². The zero-order chi connectivity index (χ0) is 13.7. The van der Waals surface area contributed by atoms with E-state index < -0.39 is 5.97 Å².